The van der Waals surface area contributed by atoms with E-state index in [0.29, 0.717) is 56.8 Å². The average molecular weight is 2040 g/mol. The van der Waals surface area contributed by atoms with Crippen LogP contribution in [0.2, 0.25) is 0 Å². The van der Waals surface area contributed by atoms with E-state index in [1.807, 2.05) is 0 Å². The van der Waals surface area contributed by atoms with Crippen molar-refractivity contribution in [3.63, 3.8) is 0 Å². The lowest BCUT2D eigenvalue weighted by Crippen LogP contribution is -2.53. The molecule has 0 saturated carbocycles. The predicted molar refractivity (Wildman–Crippen MR) is 636 cm³/mol. The highest BCUT2D eigenvalue weighted by molar-refractivity contribution is 5.02. The Bertz CT molecular complexity index is 2240. The zero-order chi connectivity index (χ0) is 105. The highest BCUT2D eigenvalue weighted by Crippen LogP contribution is 2.27. The van der Waals surface area contributed by atoms with Crippen molar-refractivity contribution in [2.45, 2.75) is 727 Å². The summed E-state index contributed by atoms with van der Waals surface area (Å²) in [6, 6.07) is 0. The van der Waals surface area contributed by atoms with E-state index in [9.17, 15) is 40.9 Å². The van der Waals surface area contributed by atoms with Gasteiger partial charge < -0.3 is 50.2 Å². The number of rotatable bonds is 125. The van der Waals surface area contributed by atoms with Gasteiger partial charge >= 0.3 is 0 Å². The van der Waals surface area contributed by atoms with Crippen molar-refractivity contribution in [2.24, 2.45) is 0 Å². The SMILES string of the molecule is CCCCCCCCCCCCC(O)CN(CCCCC(=CCCCN(CCCN(CC(O)CCCCCCCCCCCC)CC(O)CCCCCCCCCCCC)CCCN(CC(O)CCCCCCCCCCCC)CC(O)CCCCCCCCCCCC)CCC[N+](C)(CC(O)CCCCCCCCCCCC)CC(O)CCCCCCCCCCCC)CC(O)CCCCCCCCCCCC. The van der Waals surface area contributed by atoms with Crippen molar-refractivity contribution in [3.05, 3.63) is 11.6 Å². The van der Waals surface area contributed by atoms with Crippen LogP contribution in [0.15, 0.2) is 11.6 Å². The normalized spacial score (nSPS) is 14.5. The van der Waals surface area contributed by atoms with Gasteiger partial charge in [-0.25, -0.2) is 0 Å². The molecule has 0 radical (unpaired) electrons. The van der Waals surface area contributed by atoms with Gasteiger partial charge in [0.05, 0.1) is 50.2 Å². The van der Waals surface area contributed by atoms with Crippen LogP contribution in [0.25, 0.3) is 0 Å². The fraction of sp³-hybridized carbons (Fsp3) is 0.985. The van der Waals surface area contributed by atoms with E-state index in [1.54, 1.807) is 0 Å². The fourth-order valence-electron chi connectivity index (χ4n) is 23.2. The lowest BCUT2D eigenvalue weighted by molar-refractivity contribution is -0.915. The molecule has 0 spiro atoms. The predicted octanol–water partition coefficient (Wildman–Crippen LogP) is 36.5. The van der Waals surface area contributed by atoms with Gasteiger partial charge in [-0.15, -0.1) is 0 Å². The molecule has 8 unspecified atom stereocenters. The van der Waals surface area contributed by atoms with Crippen molar-refractivity contribution in [3.8, 4) is 0 Å². The van der Waals surface area contributed by atoms with Gasteiger partial charge in [0.1, 0.15) is 25.3 Å². The molecule has 8 atom stereocenters. The highest BCUT2D eigenvalue weighted by atomic mass is 16.3. The summed E-state index contributed by atoms with van der Waals surface area (Å²) in [6.07, 6.45) is 118. The molecule has 0 aliphatic heterocycles. The van der Waals surface area contributed by atoms with E-state index in [0.717, 1.165) is 206 Å². The molecule has 13 nitrogen and oxygen atoms in total. The molecular weight excluding hydrogens is 1770 g/mol. The minimum atomic E-state index is -0.412. The maximum atomic E-state index is 12.1. The molecular formula is C131H268N5O8+. The quantitative estimate of drug-likeness (QED) is 0.0165. The van der Waals surface area contributed by atoms with Crippen LogP contribution in [0.1, 0.15) is 678 Å². The summed E-state index contributed by atoms with van der Waals surface area (Å²) in [5.41, 5.74) is 1.53. The molecule has 0 aliphatic carbocycles. The molecule has 864 valence electrons. The molecule has 0 aromatic carbocycles. The van der Waals surface area contributed by atoms with Crippen LogP contribution < -0.4 is 0 Å². The van der Waals surface area contributed by atoms with E-state index in [4.69, 9.17) is 0 Å². The molecule has 8 N–H and O–H groups in total. The lowest BCUT2D eigenvalue weighted by atomic mass is 9.99. The topological polar surface area (TPSA) is 175 Å². The summed E-state index contributed by atoms with van der Waals surface area (Å²) in [5.74, 6) is 0. The molecule has 0 rings (SSSR count). The Balaban J connectivity index is 7.85. The first-order valence-electron chi connectivity index (χ1n) is 66.3. The number of quaternary nitrogens is 1. The van der Waals surface area contributed by atoms with E-state index in [-0.39, 0.29) is 0 Å². The molecule has 0 aromatic heterocycles. The van der Waals surface area contributed by atoms with Crippen LogP contribution in [0.3, 0.4) is 0 Å². The summed E-state index contributed by atoms with van der Waals surface area (Å²) >= 11 is 0. The Labute approximate surface area is 903 Å². The zero-order valence-electron chi connectivity index (χ0n) is 99.7. The second-order valence-electron chi connectivity index (χ2n) is 48.1. The highest BCUT2D eigenvalue weighted by Gasteiger charge is 2.30. The number of likely N-dealkylation sites (N-methyl/N-ethyl adjacent to an activating group) is 1. The fourth-order valence-corrected chi connectivity index (χ4v) is 23.2. The Kier molecular flexibility index (Phi) is 114. The van der Waals surface area contributed by atoms with Crippen LogP contribution in [-0.2, 0) is 0 Å². The van der Waals surface area contributed by atoms with Crippen molar-refractivity contribution in [1.82, 2.24) is 19.6 Å². The van der Waals surface area contributed by atoms with Gasteiger partial charge in [0, 0.05) is 45.7 Å². The molecule has 0 saturated heterocycles. The van der Waals surface area contributed by atoms with Crippen LogP contribution in [0.5, 0.6) is 0 Å². The maximum absolute atomic E-state index is 12.1. The molecule has 0 heterocycles. The Morgan fingerprint density at radius 2 is 0.333 bits per heavy atom. The van der Waals surface area contributed by atoms with E-state index >= 15 is 0 Å². The van der Waals surface area contributed by atoms with Gasteiger partial charge in [-0.3, -0.25) is 14.7 Å². The number of hydrogen-bond acceptors (Lipinski definition) is 12. The molecule has 144 heavy (non-hydrogen) atoms. The van der Waals surface area contributed by atoms with Crippen molar-refractivity contribution >= 4 is 0 Å². The Morgan fingerprint density at radius 3 is 0.535 bits per heavy atom. The minimum absolute atomic E-state index is 0.393. The summed E-state index contributed by atoms with van der Waals surface area (Å²) < 4.78 is 0.695. The van der Waals surface area contributed by atoms with E-state index < -0.39 is 48.8 Å². The van der Waals surface area contributed by atoms with Crippen LogP contribution in [0.4, 0.5) is 0 Å². The average Bonchev–Trinajstić information content (AvgIpc) is 0.863. The standard InChI is InChI=1S/C131H268N5O8/c1-10-18-26-34-42-50-58-66-74-82-100-124(137)115-133(116-125(138)101-83-75-67-59-51-43-35-27-19-11-2)109-93-91-98-123(99-94-114-136(9,121-130(143)106-88-80-72-64-56-48-40-32-24-16-7)122-131(144)107-89-81-73-65-57-49-41-33-25-17-8)97-90-92-108-132(110-95-112-134(117-126(139)102-84-76-68-60-52-44-36-28-20-12-3)118-127(140)103-85-77-69-61-53-45-37-29-21-13-4)111-96-113-135(119-128(141)104-86-78-70-62-54-46-38-30-22-14-5)120-129(142)105-87-79-71-63-55-47-39-31-23-15-6/h97,124-131,137-144H,10-96,98-122H2,1-9H3/q+1. The van der Waals surface area contributed by atoms with Crippen LogP contribution in [0, 0.1) is 0 Å². The van der Waals surface area contributed by atoms with Gasteiger partial charge in [-0.05, 0) is 142 Å². The zero-order valence-corrected chi connectivity index (χ0v) is 99.7. The first kappa shape index (κ1) is 143. The van der Waals surface area contributed by atoms with Crippen LogP contribution in [-0.4, -0.2) is 219 Å². The van der Waals surface area contributed by atoms with Crippen molar-refractivity contribution in [1.29, 1.82) is 0 Å². The Hall–Kier alpha value is -0.780. The molecule has 0 aromatic rings. The van der Waals surface area contributed by atoms with Crippen LogP contribution >= 0.6 is 0 Å². The maximum Gasteiger partial charge on any atom is 0.105 e. The van der Waals surface area contributed by atoms with Gasteiger partial charge in [-0.1, -0.05) is 581 Å². The summed E-state index contributed by atoms with van der Waals surface area (Å²) in [4.78, 5) is 10.1. The molecule has 0 bridgehead atoms. The van der Waals surface area contributed by atoms with Gasteiger partial charge in [0.2, 0.25) is 0 Å². The third-order valence-corrected chi connectivity index (χ3v) is 32.7. The molecule has 13 heteroatoms. The van der Waals surface area contributed by atoms with Gasteiger partial charge in [-0.2, -0.15) is 0 Å². The molecule has 0 aliphatic rings. The van der Waals surface area contributed by atoms with Crippen molar-refractivity contribution < 1.29 is 45.3 Å². The third-order valence-electron chi connectivity index (χ3n) is 32.7. The number of hydrogen-bond donors (Lipinski definition) is 8. The molecule has 0 fully saturated rings. The first-order chi connectivity index (χ1) is 70.5. The number of nitrogens with zero attached hydrogens (tertiary/aromatic N) is 5. The smallest absolute Gasteiger partial charge is 0.105 e. The summed E-state index contributed by atoms with van der Waals surface area (Å²) in [5, 5.41) is 95.7. The number of allylic oxidation sites excluding steroid dienone is 2. The van der Waals surface area contributed by atoms with Gasteiger partial charge in [0.15, 0.2) is 0 Å². The second-order valence-corrected chi connectivity index (χ2v) is 48.1. The monoisotopic (exact) mass is 2040 g/mol. The van der Waals surface area contributed by atoms with Gasteiger partial charge in [0.25, 0.3) is 0 Å². The third kappa shape index (κ3) is 106. The second kappa shape index (κ2) is 115. The summed E-state index contributed by atoms with van der Waals surface area (Å²) in [6.45, 7) is 29.8. The van der Waals surface area contributed by atoms with E-state index in [2.05, 4.69) is 88.1 Å². The number of aliphatic hydroxyl groups excluding tert-OH is 8. The largest absolute Gasteiger partial charge is 0.392 e. The van der Waals surface area contributed by atoms with Crippen molar-refractivity contribution in [2.75, 3.05) is 105 Å². The Morgan fingerprint density at radius 1 is 0.174 bits per heavy atom. The number of aliphatic hydroxyl groups is 8. The van der Waals surface area contributed by atoms with E-state index in [1.165, 1.54) is 468 Å². The lowest BCUT2D eigenvalue weighted by Gasteiger charge is -2.38. The summed E-state index contributed by atoms with van der Waals surface area (Å²) in [7, 11) is 2.36. The first-order valence-corrected chi connectivity index (χ1v) is 66.3. The minimum Gasteiger partial charge on any atom is -0.392 e. The number of unbranched alkanes of at least 4 members (excludes halogenated alkanes) is 74. The molecule has 0 amide bonds.